The molecule has 154 valence electrons. The summed E-state index contributed by atoms with van der Waals surface area (Å²) in [5, 5.41) is 5.41. The lowest BCUT2D eigenvalue weighted by Gasteiger charge is -2.33. The summed E-state index contributed by atoms with van der Waals surface area (Å²) < 4.78 is 4.72. The van der Waals surface area contributed by atoms with Gasteiger partial charge in [-0.2, -0.15) is 0 Å². The molecule has 1 heterocycles. The lowest BCUT2D eigenvalue weighted by Crippen LogP contribution is -2.47. The van der Waals surface area contributed by atoms with E-state index in [1.165, 1.54) is 13.2 Å². The molecule has 1 fully saturated rings. The van der Waals surface area contributed by atoms with Gasteiger partial charge in [-0.05, 0) is 42.5 Å². The summed E-state index contributed by atoms with van der Waals surface area (Å²) in [6.07, 6.45) is 2.08. The Hall–Kier alpha value is -3.68. The number of nitrogens with zero attached hydrogens (tertiary/aromatic N) is 1. The first-order chi connectivity index (χ1) is 14.5. The van der Waals surface area contributed by atoms with Gasteiger partial charge in [0, 0.05) is 0 Å². The van der Waals surface area contributed by atoms with Gasteiger partial charge in [-0.3, -0.25) is 14.5 Å². The Labute approximate surface area is 173 Å². The van der Waals surface area contributed by atoms with Crippen molar-refractivity contribution in [3.8, 4) is 0 Å². The molecular weight excluding hydrogens is 386 g/mol. The topological polar surface area (TPSA) is 105 Å². The number of nitrogens with one attached hydrogen (secondary N) is 2. The van der Waals surface area contributed by atoms with E-state index in [9.17, 15) is 19.2 Å². The molecule has 2 aromatic rings. The molecule has 1 atom stereocenters. The molecule has 30 heavy (non-hydrogen) atoms. The Balaban J connectivity index is 1.55. The van der Waals surface area contributed by atoms with Crippen LogP contribution in [0.1, 0.15) is 34.3 Å². The third kappa shape index (κ3) is 3.20. The van der Waals surface area contributed by atoms with Crippen LogP contribution >= 0.6 is 0 Å². The molecule has 0 saturated carbocycles. The maximum Gasteiger partial charge on any atom is 0.339 e. The van der Waals surface area contributed by atoms with E-state index in [1.807, 2.05) is 24.3 Å². The predicted octanol–water partition coefficient (Wildman–Crippen LogP) is 2.20. The number of rotatable bonds is 4. The normalized spacial score (nSPS) is 20.0. The molecule has 2 aliphatic rings. The van der Waals surface area contributed by atoms with E-state index < -0.39 is 35.9 Å². The highest BCUT2D eigenvalue weighted by molar-refractivity contribution is 6.11. The molecule has 0 radical (unpaired) electrons. The second kappa shape index (κ2) is 7.62. The van der Waals surface area contributed by atoms with Crippen LogP contribution in [0.15, 0.2) is 48.5 Å². The minimum Gasteiger partial charge on any atom is -0.465 e. The number of carbonyl (C=O) groups is 4. The van der Waals surface area contributed by atoms with Crippen LogP contribution in [0.3, 0.4) is 0 Å². The molecule has 1 aliphatic carbocycles. The van der Waals surface area contributed by atoms with Crippen LogP contribution < -0.4 is 10.6 Å². The summed E-state index contributed by atoms with van der Waals surface area (Å²) in [4.78, 5) is 51.3. The van der Waals surface area contributed by atoms with Gasteiger partial charge in [-0.15, -0.1) is 0 Å². The first kappa shape index (κ1) is 19.6. The van der Waals surface area contributed by atoms with Crippen LogP contribution in [0.25, 0.3) is 0 Å². The van der Waals surface area contributed by atoms with Crippen molar-refractivity contribution in [3.63, 3.8) is 0 Å². The van der Waals surface area contributed by atoms with Crippen molar-refractivity contribution in [2.24, 2.45) is 0 Å². The summed E-state index contributed by atoms with van der Waals surface area (Å²) in [6, 6.07) is 13.3. The number of amides is 4. The number of anilines is 1. The van der Waals surface area contributed by atoms with Crippen LogP contribution in [-0.4, -0.2) is 42.4 Å². The van der Waals surface area contributed by atoms with Gasteiger partial charge in [0.15, 0.2) is 0 Å². The van der Waals surface area contributed by atoms with E-state index >= 15 is 0 Å². The van der Waals surface area contributed by atoms with Gasteiger partial charge in [0.25, 0.3) is 5.91 Å². The van der Waals surface area contributed by atoms with Crippen LogP contribution in [0.4, 0.5) is 10.5 Å². The number of hydrogen-bond acceptors (Lipinski definition) is 5. The maximum atomic E-state index is 13.3. The smallest absolute Gasteiger partial charge is 0.339 e. The third-order valence-electron chi connectivity index (χ3n) is 5.56. The Bertz CT molecular complexity index is 1050. The number of imide groups is 1. The molecule has 1 aliphatic heterocycles. The zero-order valence-electron chi connectivity index (χ0n) is 16.4. The molecule has 8 nitrogen and oxygen atoms in total. The minimum absolute atomic E-state index is 0.184. The number of aryl methyl sites for hydroxylation is 1. The van der Waals surface area contributed by atoms with Gasteiger partial charge >= 0.3 is 12.0 Å². The van der Waals surface area contributed by atoms with Crippen molar-refractivity contribution >= 4 is 29.5 Å². The highest BCUT2D eigenvalue weighted by Gasteiger charge is 2.54. The quantitative estimate of drug-likeness (QED) is 0.597. The van der Waals surface area contributed by atoms with E-state index in [-0.39, 0.29) is 11.3 Å². The van der Waals surface area contributed by atoms with Gasteiger partial charge in [0.05, 0.1) is 18.4 Å². The van der Waals surface area contributed by atoms with Crippen LogP contribution in [0.2, 0.25) is 0 Å². The summed E-state index contributed by atoms with van der Waals surface area (Å²) >= 11 is 0. The first-order valence-electron chi connectivity index (χ1n) is 9.66. The molecule has 4 amide bonds. The Kier molecular flexibility index (Phi) is 4.99. The van der Waals surface area contributed by atoms with Gasteiger partial charge in [-0.1, -0.05) is 36.4 Å². The van der Waals surface area contributed by atoms with E-state index in [4.69, 9.17) is 4.74 Å². The Morgan fingerprint density at radius 3 is 2.67 bits per heavy atom. The number of hydrogen-bond donors (Lipinski definition) is 2. The highest BCUT2D eigenvalue weighted by atomic mass is 16.5. The molecule has 2 aromatic carbocycles. The highest BCUT2D eigenvalue weighted by Crippen LogP contribution is 2.39. The summed E-state index contributed by atoms with van der Waals surface area (Å²) in [6.45, 7) is -0.454. The summed E-state index contributed by atoms with van der Waals surface area (Å²) in [7, 11) is 1.25. The number of methoxy groups -OCH3 is 1. The van der Waals surface area contributed by atoms with Crippen molar-refractivity contribution in [2.75, 3.05) is 19.0 Å². The predicted molar refractivity (Wildman–Crippen MR) is 108 cm³/mol. The average Bonchev–Trinajstić information content (AvgIpc) is 2.98. The van der Waals surface area contributed by atoms with Gasteiger partial charge in [-0.25, -0.2) is 9.59 Å². The molecule has 1 saturated heterocycles. The molecule has 1 spiro atoms. The monoisotopic (exact) mass is 407 g/mol. The van der Waals surface area contributed by atoms with E-state index in [0.717, 1.165) is 28.9 Å². The number of para-hydroxylation sites is 1. The molecule has 0 aromatic heterocycles. The molecule has 0 bridgehead atoms. The fourth-order valence-electron chi connectivity index (χ4n) is 4.17. The lowest BCUT2D eigenvalue weighted by atomic mass is 9.76. The van der Waals surface area contributed by atoms with Crippen molar-refractivity contribution in [2.45, 2.75) is 24.8 Å². The first-order valence-corrected chi connectivity index (χ1v) is 9.66. The van der Waals surface area contributed by atoms with Crippen LogP contribution in [-0.2, 0) is 26.3 Å². The lowest BCUT2D eigenvalue weighted by molar-refractivity contribution is -0.134. The molecule has 4 rings (SSSR count). The fraction of sp³-hybridized carbons (Fsp3) is 0.273. The summed E-state index contributed by atoms with van der Waals surface area (Å²) in [5.74, 6) is -1.62. The number of ether oxygens (including phenoxy) is 1. The van der Waals surface area contributed by atoms with Crippen molar-refractivity contribution in [1.29, 1.82) is 0 Å². The zero-order chi connectivity index (χ0) is 21.3. The zero-order valence-corrected chi connectivity index (χ0v) is 16.4. The number of esters is 1. The second-order valence-electron chi connectivity index (χ2n) is 7.32. The Morgan fingerprint density at radius 1 is 1.13 bits per heavy atom. The Morgan fingerprint density at radius 2 is 1.87 bits per heavy atom. The van der Waals surface area contributed by atoms with E-state index in [2.05, 4.69) is 10.6 Å². The van der Waals surface area contributed by atoms with Crippen molar-refractivity contribution < 1.29 is 23.9 Å². The third-order valence-corrected chi connectivity index (χ3v) is 5.56. The van der Waals surface area contributed by atoms with Gasteiger partial charge in [0.2, 0.25) is 5.91 Å². The van der Waals surface area contributed by atoms with Crippen LogP contribution in [0.5, 0.6) is 0 Å². The standard InChI is InChI=1S/C22H21N3O5/c1-30-19(27)15-9-3-5-11-17(15)23-18(26)13-25-20(28)22(24-21(25)29)12-6-8-14-7-2-4-10-16(14)22/h2-5,7,9-11H,6,8,12-13H2,1H3,(H,23,26)(H,24,29)/t22-/m1/s1. The molecule has 8 heteroatoms. The van der Waals surface area contributed by atoms with E-state index in [1.54, 1.807) is 18.2 Å². The largest absolute Gasteiger partial charge is 0.465 e. The van der Waals surface area contributed by atoms with Crippen molar-refractivity contribution in [1.82, 2.24) is 10.2 Å². The average molecular weight is 407 g/mol. The molecule has 0 unspecified atom stereocenters. The number of urea groups is 1. The number of carbonyl (C=O) groups excluding carboxylic acids is 4. The SMILES string of the molecule is COC(=O)c1ccccc1NC(=O)CN1C(=O)N[C@@]2(CCCc3ccccc32)C1=O. The second-order valence-corrected chi connectivity index (χ2v) is 7.32. The molecular formula is C22H21N3O5. The van der Waals surface area contributed by atoms with Crippen LogP contribution in [0, 0.1) is 0 Å². The maximum absolute atomic E-state index is 13.3. The van der Waals surface area contributed by atoms with Gasteiger partial charge in [0.1, 0.15) is 12.1 Å². The summed E-state index contributed by atoms with van der Waals surface area (Å²) in [5.41, 5.74) is 1.11. The van der Waals surface area contributed by atoms with Crippen molar-refractivity contribution in [3.05, 3.63) is 65.2 Å². The van der Waals surface area contributed by atoms with E-state index in [0.29, 0.717) is 6.42 Å². The fourth-order valence-corrected chi connectivity index (χ4v) is 4.17. The minimum atomic E-state index is -1.13. The van der Waals surface area contributed by atoms with Gasteiger partial charge < -0.3 is 15.4 Å². The molecule has 2 N–H and O–H groups in total. The number of benzene rings is 2. The number of fused-ring (bicyclic) bond motifs is 2.